The monoisotopic (exact) mass is 237 g/mol. The second-order valence-corrected chi connectivity index (χ2v) is 3.57. The number of hydrogen-bond donors (Lipinski definition) is 2. The van der Waals surface area contributed by atoms with Crippen LogP contribution in [0.5, 0.6) is 5.75 Å². The van der Waals surface area contributed by atoms with Crippen LogP contribution in [0.15, 0.2) is 17.0 Å². The fraction of sp³-hybridized carbons (Fsp3) is 0.273. The van der Waals surface area contributed by atoms with Crippen molar-refractivity contribution in [2.45, 2.75) is 18.2 Å². The molecule has 1 rings (SSSR count). The largest absolute Gasteiger partial charge is 0.508 e. The van der Waals surface area contributed by atoms with E-state index in [0.29, 0.717) is 10.5 Å². The molecule has 0 saturated carbocycles. The van der Waals surface area contributed by atoms with Crippen molar-refractivity contribution in [3.05, 3.63) is 23.3 Å². The molecule has 1 N–H and O–H groups in total. The number of nitriles is 1. The molecule has 0 fully saturated rings. The number of esters is 1. The zero-order valence-corrected chi connectivity index (χ0v) is 9.62. The molecular formula is C11H11NO3S. The Morgan fingerprint density at radius 2 is 2.31 bits per heavy atom. The van der Waals surface area contributed by atoms with E-state index in [-0.39, 0.29) is 24.3 Å². The molecule has 1 aromatic rings. The summed E-state index contributed by atoms with van der Waals surface area (Å²) in [6.07, 6.45) is -0.0430. The molecule has 16 heavy (non-hydrogen) atoms. The van der Waals surface area contributed by atoms with Crippen molar-refractivity contribution in [1.29, 1.82) is 5.26 Å². The smallest absolute Gasteiger partial charge is 0.310 e. The SMILES string of the molecule is CCOC(=O)Cc1cc(O)cc(S)c1C#N. The summed E-state index contributed by atoms with van der Waals surface area (Å²) in [5.74, 6) is -0.458. The summed E-state index contributed by atoms with van der Waals surface area (Å²) in [5, 5.41) is 18.2. The maximum absolute atomic E-state index is 11.3. The average Bonchev–Trinajstić information content (AvgIpc) is 2.17. The van der Waals surface area contributed by atoms with E-state index in [0.717, 1.165) is 0 Å². The van der Waals surface area contributed by atoms with Gasteiger partial charge in [-0.2, -0.15) is 5.26 Å². The molecule has 0 aliphatic heterocycles. The highest BCUT2D eigenvalue weighted by Gasteiger charge is 2.12. The normalized spacial score (nSPS) is 9.56. The van der Waals surface area contributed by atoms with Crippen molar-refractivity contribution < 1.29 is 14.6 Å². The maximum Gasteiger partial charge on any atom is 0.310 e. The van der Waals surface area contributed by atoms with Crippen LogP contribution in [0.4, 0.5) is 0 Å². The van der Waals surface area contributed by atoms with Gasteiger partial charge < -0.3 is 9.84 Å². The number of carbonyl (C=O) groups excluding carboxylic acids is 1. The zero-order chi connectivity index (χ0) is 12.1. The molecule has 84 valence electrons. The first kappa shape index (κ1) is 12.4. The van der Waals surface area contributed by atoms with Crippen LogP contribution in [0.1, 0.15) is 18.1 Å². The van der Waals surface area contributed by atoms with Crippen LogP contribution in [0.2, 0.25) is 0 Å². The number of rotatable bonds is 3. The predicted molar refractivity (Wildman–Crippen MR) is 60.4 cm³/mol. The lowest BCUT2D eigenvalue weighted by Gasteiger charge is -2.06. The average molecular weight is 237 g/mol. The molecule has 4 nitrogen and oxygen atoms in total. The van der Waals surface area contributed by atoms with E-state index in [4.69, 9.17) is 10.00 Å². The first-order chi connectivity index (χ1) is 7.58. The Morgan fingerprint density at radius 3 is 2.88 bits per heavy atom. The second-order valence-electron chi connectivity index (χ2n) is 3.09. The van der Waals surface area contributed by atoms with E-state index >= 15 is 0 Å². The first-order valence-corrected chi connectivity index (χ1v) is 5.13. The minimum absolute atomic E-state index is 0.0247. The van der Waals surface area contributed by atoms with Crippen molar-refractivity contribution in [3.8, 4) is 11.8 Å². The third-order valence-electron chi connectivity index (χ3n) is 1.94. The molecule has 0 spiro atoms. The van der Waals surface area contributed by atoms with Crippen LogP contribution in [-0.2, 0) is 16.0 Å². The van der Waals surface area contributed by atoms with Gasteiger partial charge in [0.05, 0.1) is 18.6 Å². The fourth-order valence-corrected chi connectivity index (χ4v) is 1.63. The Kier molecular flexibility index (Phi) is 4.20. The van der Waals surface area contributed by atoms with E-state index in [9.17, 15) is 9.90 Å². The molecule has 0 aliphatic rings. The lowest BCUT2D eigenvalue weighted by Crippen LogP contribution is -2.08. The molecule has 0 heterocycles. The van der Waals surface area contributed by atoms with Crippen LogP contribution in [0.3, 0.4) is 0 Å². The highest BCUT2D eigenvalue weighted by Crippen LogP contribution is 2.24. The van der Waals surface area contributed by atoms with E-state index < -0.39 is 5.97 Å². The molecule has 0 amide bonds. The minimum Gasteiger partial charge on any atom is -0.508 e. The minimum atomic E-state index is -0.433. The van der Waals surface area contributed by atoms with Gasteiger partial charge in [0.2, 0.25) is 0 Å². The Labute approximate surface area is 98.9 Å². The Balaban J connectivity index is 3.04. The quantitative estimate of drug-likeness (QED) is 0.619. The van der Waals surface area contributed by atoms with Crippen LogP contribution in [-0.4, -0.2) is 17.7 Å². The highest BCUT2D eigenvalue weighted by molar-refractivity contribution is 7.80. The molecular weight excluding hydrogens is 226 g/mol. The van der Waals surface area contributed by atoms with Crippen molar-refractivity contribution in [3.63, 3.8) is 0 Å². The summed E-state index contributed by atoms with van der Waals surface area (Å²) >= 11 is 4.06. The van der Waals surface area contributed by atoms with Gasteiger partial charge in [-0.15, -0.1) is 12.6 Å². The van der Waals surface area contributed by atoms with Gasteiger partial charge in [-0.1, -0.05) is 0 Å². The van der Waals surface area contributed by atoms with Gasteiger partial charge in [-0.05, 0) is 24.6 Å². The molecule has 0 unspecified atom stereocenters. The molecule has 0 radical (unpaired) electrons. The number of carbonyl (C=O) groups is 1. The van der Waals surface area contributed by atoms with E-state index in [1.807, 2.05) is 6.07 Å². The van der Waals surface area contributed by atoms with Gasteiger partial charge in [0, 0.05) is 4.90 Å². The summed E-state index contributed by atoms with van der Waals surface area (Å²) in [7, 11) is 0. The number of ether oxygens (including phenoxy) is 1. The number of thiol groups is 1. The Hall–Kier alpha value is -1.67. The predicted octanol–water partition coefficient (Wildman–Crippen LogP) is 1.66. The van der Waals surface area contributed by atoms with Crippen molar-refractivity contribution in [2.24, 2.45) is 0 Å². The van der Waals surface area contributed by atoms with Gasteiger partial charge in [0.25, 0.3) is 0 Å². The molecule has 0 aliphatic carbocycles. The summed E-state index contributed by atoms with van der Waals surface area (Å²) < 4.78 is 4.77. The number of phenolic OH excluding ortho intramolecular Hbond substituents is 1. The second kappa shape index (κ2) is 5.42. The van der Waals surface area contributed by atoms with E-state index in [1.54, 1.807) is 6.92 Å². The van der Waals surface area contributed by atoms with Crippen molar-refractivity contribution in [2.75, 3.05) is 6.61 Å². The van der Waals surface area contributed by atoms with Crippen LogP contribution >= 0.6 is 12.6 Å². The standard InChI is InChI=1S/C11H11NO3S/c1-2-15-11(14)4-7-3-8(13)5-10(16)9(7)6-12/h3,5,13,16H,2,4H2,1H3. The third-order valence-corrected chi connectivity index (χ3v) is 2.29. The van der Waals surface area contributed by atoms with Crippen LogP contribution in [0.25, 0.3) is 0 Å². The van der Waals surface area contributed by atoms with Gasteiger partial charge in [0.1, 0.15) is 11.8 Å². The van der Waals surface area contributed by atoms with Crippen LogP contribution < -0.4 is 0 Å². The zero-order valence-electron chi connectivity index (χ0n) is 8.73. The molecule has 0 bridgehead atoms. The third kappa shape index (κ3) is 2.91. The number of nitrogens with zero attached hydrogens (tertiary/aromatic N) is 1. The fourth-order valence-electron chi connectivity index (χ4n) is 1.31. The first-order valence-electron chi connectivity index (χ1n) is 4.69. The van der Waals surface area contributed by atoms with Gasteiger partial charge in [-0.25, -0.2) is 0 Å². The number of aromatic hydroxyl groups is 1. The summed E-state index contributed by atoms with van der Waals surface area (Å²) in [4.78, 5) is 11.6. The summed E-state index contributed by atoms with van der Waals surface area (Å²) in [6, 6.07) is 4.67. The maximum atomic E-state index is 11.3. The molecule has 0 atom stereocenters. The molecule has 1 aromatic carbocycles. The number of phenols is 1. The molecule has 0 saturated heterocycles. The number of hydrogen-bond acceptors (Lipinski definition) is 5. The summed E-state index contributed by atoms with van der Waals surface area (Å²) in [5.41, 5.74) is 0.708. The lowest BCUT2D eigenvalue weighted by molar-refractivity contribution is -0.142. The number of benzene rings is 1. The van der Waals surface area contributed by atoms with Gasteiger partial charge >= 0.3 is 5.97 Å². The van der Waals surface area contributed by atoms with Gasteiger partial charge in [-0.3, -0.25) is 4.79 Å². The van der Waals surface area contributed by atoms with Crippen molar-refractivity contribution >= 4 is 18.6 Å². The van der Waals surface area contributed by atoms with Gasteiger partial charge in [0.15, 0.2) is 0 Å². The van der Waals surface area contributed by atoms with E-state index in [2.05, 4.69) is 12.6 Å². The Morgan fingerprint density at radius 1 is 1.62 bits per heavy atom. The molecule has 5 heteroatoms. The highest BCUT2D eigenvalue weighted by atomic mass is 32.1. The lowest BCUT2D eigenvalue weighted by atomic mass is 10.1. The Bertz CT molecular complexity index is 451. The van der Waals surface area contributed by atoms with Crippen LogP contribution in [0, 0.1) is 11.3 Å². The topological polar surface area (TPSA) is 70.3 Å². The van der Waals surface area contributed by atoms with Crippen molar-refractivity contribution in [1.82, 2.24) is 0 Å². The van der Waals surface area contributed by atoms with E-state index in [1.165, 1.54) is 12.1 Å². The summed E-state index contributed by atoms with van der Waals surface area (Å²) in [6.45, 7) is 1.99. The molecule has 0 aromatic heterocycles.